The van der Waals surface area contributed by atoms with Crippen LogP contribution in [-0.2, 0) is 0 Å². The number of rotatable bonds is 1. The van der Waals surface area contributed by atoms with Gasteiger partial charge < -0.3 is 5.73 Å². The van der Waals surface area contributed by atoms with Crippen LogP contribution in [0.25, 0.3) is 5.57 Å². The van der Waals surface area contributed by atoms with Crippen molar-refractivity contribution in [2.45, 2.75) is 31.7 Å². The lowest BCUT2D eigenvalue weighted by atomic mass is 9.83. The summed E-state index contributed by atoms with van der Waals surface area (Å²) in [6.45, 7) is 2.07. The van der Waals surface area contributed by atoms with E-state index in [1.165, 1.54) is 17.7 Å². The molecule has 0 heterocycles. The van der Waals surface area contributed by atoms with E-state index >= 15 is 0 Å². The average Bonchev–Trinajstić information content (AvgIpc) is 2.20. The zero-order valence-corrected chi connectivity index (χ0v) is 8.96. The van der Waals surface area contributed by atoms with Crippen molar-refractivity contribution < 1.29 is 4.39 Å². The highest BCUT2D eigenvalue weighted by Crippen LogP contribution is 2.30. The van der Waals surface area contributed by atoms with E-state index in [0.717, 1.165) is 24.8 Å². The Hall–Kier alpha value is -1.15. The van der Waals surface area contributed by atoms with Crippen molar-refractivity contribution in [2.24, 2.45) is 5.73 Å². The van der Waals surface area contributed by atoms with Gasteiger partial charge in [0, 0.05) is 5.54 Å². The molecule has 0 bridgehead atoms. The third-order valence-corrected chi connectivity index (χ3v) is 3.00. The molecule has 80 valence electrons. The Morgan fingerprint density at radius 3 is 2.47 bits per heavy atom. The van der Waals surface area contributed by atoms with Crippen molar-refractivity contribution in [1.82, 2.24) is 0 Å². The topological polar surface area (TPSA) is 26.0 Å². The molecular weight excluding hydrogens is 189 g/mol. The van der Waals surface area contributed by atoms with Crippen molar-refractivity contribution in [3.05, 3.63) is 41.7 Å². The lowest BCUT2D eigenvalue weighted by Gasteiger charge is -2.28. The highest BCUT2D eigenvalue weighted by molar-refractivity contribution is 5.66. The Bertz CT molecular complexity index is 376. The number of allylic oxidation sites excluding steroid dienone is 1. The molecule has 1 aliphatic carbocycles. The second-order valence-electron chi connectivity index (χ2n) is 4.59. The molecule has 2 rings (SSSR count). The SMILES string of the molecule is CC1(N)CC=C(c2ccc(F)cc2)CC1. The van der Waals surface area contributed by atoms with Gasteiger partial charge in [-0.15, -0.1) is 0 Å². The van der Waals surface area contributed by atoms with Crippen LogP contribution in [0.5, 0.6) is 0 Å². The third kappa shape index (κ3) is 2.45. The first-order chi connectivity index (χ1) is 7.07. The largest absolute Gasteiger partial charge is 0.325 e. The van der Waals surface area contributed by atoms with Crippen LogP contribution in [0, 0.1) is 5.82 Å². The van der Waals surface area contributed by atoms with E-state index in [1.807, 2.05) is 12.1 Å². The normalized spacial score (nSPS) is 26.2. The number of benzene rings is 1. The third-order valence-electron chi connectivity index (χ3n) is 3.00. The molecule has 0 amide bonds. The van der Waals surface area contributed by atoms with Crippen molar-refractivity contribution in [3.8, 4) is 0 Å². The van der Waals surface area contributed by atoms with E-state index in [2.05, 4.69) is 13.0 Å². The molecule has 15 heavy (non-hydrogen) atoms. The molecular formula is C13H16FN. The fourth-order valence-electron chi connectivity index (χ4n) is 1.91. The smallest absolute Gasteiger partial charge is 0.123 e. The Kier molecular flexibility index (Phi) is 2.61. The average molecular weight is 205 g/mol. The van der Waals surface area contributed by atoms with Crippen molar-refractivity contribution in [2.75, 3.05) is 0 Å². The molecule has 2 heteroatoms. The Balaban J connectivity index is 2.19. The number of halogens is 1. The predicted octanol–water partition coefficient (Wildman–Crippen LogP) is 3.11. The van der Waals surface area contributed by atoms with Gasteiger partial charge in [0.2, 0.25) is 0 Å². The maximum absolute atomic E-state index is 12.7. The van der Waals surface area contributed by atoms with E-state index in [0.29, 0.717) is 0 Å². The van der Waals surface area contributed by atoms with Gasteiger partial charge in [-0.3, -0.25) is 0 Å². The van der Waals surface area contributed by atoms with Gasteiger partial charge in [0.25, 0.3) is 0 Å². The fraction of sp³-hybridized carbons (Fsp3) is 0.385. The van der Waals surface area contributed by atoms with Gasteiger partial charge in [-0.2, -0.15) is 0 Å². The summed E-state index contributed by atoms with van der Waals surface area (Å²) in [7, 11) is 0. The van der Waals surface area contributed by atoms with E-state index in [1.54, 1.807) is 0 Å². The number of hydrogen-bond donors (Lipinski definition) is 1. The minimum atomic E-state index is -0.182. The van der Waals surface area contributed by atoms with Gasteiger partial charge in [0.05, 0.1) is 0 Å². The van der Waals surface area contributed by atoms with Gasteiger partial charge in [-0.25, -0.2) is 4.39 Å². The maximum Gasteiger partial charge on any atom is 0.123 e. The monoisotopic (exact) mass is 205 g/mol. The maximum atomic E-state index is 12.7. The molecule has 2 N–H and O–H groups in total. The molecule has 0 spiro atoms. The molecule has 1 atom stereocenters. The summed E-state index contributed by atoms with van der Waals surface area (Å²) in [5.41, 5.74) is 8.38. The highest BCUT2D eigenvalue weighted by Gasteiger charge is 2.22. The minimum Gasteiger partial charge on any atom is -0.325 e. The summed E-state index contributed by atoms with van der Waals surface area (Å²) < 4.78 is 12.7. The van der Waals surface area contributed by atoms with Gasteiger partial charge >= 0.3 is 0 Å². The van der Waals surface area contributed by atoms with E-state index in [-0.39, 0.29) is 11.4 Å². The lowest BCUT2D eigenvalue weighted by Crippen LogP contribution is -2.36. The fourth-order valence-corrected chi connectivity index (χ4v) is 1.91. The van der Waals surface area contributed by atoms with Crippen LogP contribution in [0.4, 0.5) is 4.39 Å². The van der Waals surface area contributed by atoms with Crippen LogP contribution in [0.1, 0.15) is 31.7 Å². The summed E-state index contributed by atoms with van der Waals surface area (Å²) in [6, 6.07) is 6.68. The van der Waals surface area contributed by atoms with E-state index < -0.39 is 0 Å². The van der Waals surface area contributed by atoms with Gasteiger partial charge in [-0.05, 0) is 49.5 Å². The Morgan fingerprint density at radius 2 is 1.93 bits per heavy atom. The van der Waals surface area contributed by atoms with Gasteiger partial charge in [0.15, 0.2) is 0 Å². The van der Waals surface area contributed by atoms with Crippen molar-refractivity contribution in [3.63, 3.8) is 0 Å². The first kappa shape index (κ1) is 10.4. The van der Waals surface area contributed by atoms with E-state index in [4.69, 9.17) is 5.73 Å². The summed E-state index contributed by atoms with van der Waals surface area (Å²) in [4.78, 5) is 0. The van der Waals surface area contributed by atoms with Crippen LogP contribution < -0.4 is 5.73 Å². The second-order valence-corrected chi connectivity index (χ2v) is 4.59. The van der Waals surface area contributed by atoms with Gasteiger partial charge in [0.1, 0.15) is 5.82 Å². The molecule has 1 aromatic rings. The zero-order valence-electron chi connectivity index (χ0n) is 8.96. The van der Waals surface area contributed by atoms with Crippen molar-refractivity contribution >= 4 is 5.57 Å². The van der Waals surface area contributed by atoms with Crippen LogP contribution in [0.2, 0.25) is 0 Å². The molecule has 1 nitrogen and oxygen atoms in total. The number of hydrogen-bond acceptors (Lipinski definition) is 1. The van der Waals surface area contributed by atoms with Gasteiger partial charge in [-0.1, -0.05) is 18.2 Å². The first-order valence-corrected chi connectivity index (χ1v) is 5.31. The molecule has 0 radical (unpaired) electrons. The Morgan fingerprint density at radius 1 is 1.27 bits per heavy atom. The molecule has 1 aromatic carbocycles. The quantitative estimate of drug-likeness (QED) is 0.749. The zero-order chi connectivity index (χ0) is 10.9. The lowest BCUT2D eigenvalue weighted by molar-refractivity contribution is 0.432. The summed E-state index contributed by atoms with van der Waals surface area (Å²) >= 11 is 0. The standard InChI is InChI=1S/C13H16FN/c1-13(15)8-6-11(7-9-13)10-2-4-12(14)5-3-10/h2-6H,7-9,15H2,1H3. The molecule has 0 saturated heterocycles. The van der Waals surface area contributed by atoms with E-state index in [9.17, 15) is 4.39 Å². The molecule has 0 aliphatic heterocycles. The summed E-state index contributed by atoms with van der Waals surface area (Å²) in [5.74, 6) is -0.182. The highest BCUT2D eigenvalue weighted by atomic mass is 19.1. The van der Waals surface area contributed by atoms with Crippen molar-refractivity contribution in [1.29, 1.82) is 0 Å². The Labute approximate surface area is 89.8 Å². The predicted molar refractivity (Wildman–Crippen MR) is 60.8 cm³/mol. The van der Waals surface area contributed by atoms with Crippen LogP contribution in [0.3, 0.4) is 0 Å². The minimum absolute atomic E-state index is 0.0659. The van der Waals surface area contributed by atoms with Crippen LogP contribution >= 0.6 is 0 Å². The molecule has 0 aromatic heterocycles. The number of nitrogens with two attached hydrogens (primary N) is 1. The van der Waals surface area contributed by atoms with Crippen LogP contribution in [0.15, 0.2) is 30.3 Å². The molecule has 1 aliphatic rings. The first-order valence-electron chi connectivity index (χ1n) is 5.31. The molecule has 1 unspecified atom stereocenters. The van der Waals surface area contributed by atoms with Crippen LogP contribution in [-0.4, -0.2) is 5.54 Å². The molecule has 0 saturated carbocycles. The summed E-state index contributed by atoms with van der Waals surface area (Å²) in [5, 5.41) is 0. The summed E-state index contributed by atoms with van der Waals surface area (Å²) in [6.07, 6.45) is 5.06. The molecule has 0 fully saturated rings. The second kappa shape index (κ2) is 3.78.